The van der Waals surface area contributed by atoms with Crippen molar-refractivity contribution in [2.24, 2.45) is 4.99 Å². The first-order valence-corrected chi connectivity index (χ1v) is 9.59. The maximum Gasteiger partial charge on any atom is 0.387 e. The van der Waals surface area contributed by atoms with Crippen molar-refractivity contribution in [1.82, 2.24) is 15.5 Å². The Labute approximate surface area is 164 Å². The summed E-state index contributed by atoms with van der Waals surface area (Å²) in [6.07, 6.45) is 2.51. The van der Waals surface area contributed by atoms with Crippen LogP contribution in [0.1, 0.15) is 32.3 Å². The molecule has 0 bridgehead atoms. The zero-order chi connectivity index (χ0) is 20.1. The third-order valence-corrected chi connectivity index (χ3v) is 4.91. The van der Waals surface area contributed by atoms with Gasteiger partial charge in [0.25, 0.3) is 0 Å². The predicted molar refractivity (Wildman–Crippen MR) is 102 cm³/mol. The van der Waals surface area contributed by atoms with Crippen LogP contribution in [0.2, 0.25) is 0 Å². The summed E-state index contributed by atoms with van der Waals surface area (Å²) in [7, 11) is 2.13. The maximum atomic E-state index is 12.8. The van der Waals surface area contributed by atoms with Gasteiger partial charge >= 0.3 is 6.61 Å². The van der Waals surface area contributed by atoms with Gasteiger partial charge in [0, 0.05) is 36.8 Å². The van der Waals surface area contributed by atoms with Crippen LogP contribution in [0.3, 0.4) is 0 Å². The van der Waals surface area contributed by atoms with E-state index in [-0.39, 0.29) is 19.1 Å². The Morgan fingerprint density at radius 3 is 2.64 bits per heavy atom. The lowest BCUT2D eigenvalue weighted by Crippen LogP contribution is -2.45. The van der Waals surface area contributed by atoms with E-state index in [2.05, 4.69) is 39.2 Å². The van der Waals surface area contributed by atoms with Crippen molar-refractivity contribution in [3.8, 4) is 17.2 Å². The molecule has 0 spiro atoms. The number of hydrogen-bond donors (Lipinski definition) is 2. The van der Waals surface area contributed by atoms with E-state index in [1.54, 1.807) is 6.07 Å². The number of halogens is 2. The van der Waals surface area contributed by atoms with E-state index in [9.17, 15) is 8.78 Å². The molecule has 1 aromatic carbocycles. The Hall–Kier alpha value is -2.29. The van der Waals surface area contributed by atoms with Crippen molar-refractivity contribution in [2.75, 3.05) is 26.9 Å². The van der Waals surface area contributed by atoms with Crippen LogP contribution in [-0.4, -0.2) is 56.5 Å². The summed E-state index contributed by atoms with van der Waals surface area (Å²) in [5.41, 5.74) is 0.505. The van der Waals surface area contributed by atoms with Crippen LogP contribution < -0.4 is 24.8 Å². The molecule has 3 rings (SSSR count). The van der Waals surface area contributed by atoms with Crippen molar-refractivity contribution in [2.45, 2.75) is 51.9 Å². The van der Waals surface area contributed by atoms with Gasteiger partial charge < -0.3 is 24.8 Å². The van der Waals surface area contributed by atoms with E-state index in [0.717, 1.165) is 6.54 Å². The van der Waals surface area contributed by atoms with Crippen LogP contribution in [-0.2, 0) is 6.54 Å². The van der Waals surface area contributed by atoms with Crippen molar-refractivity contribution in [1.29, 1.82) is 0 Å². The number of guanidine groups is 1. The average molecular weight is 398 g/mol. The topological polar surface area (TPSA) is 67.4 Å². The van der Waals surface area contributed by atoms with Crippen molar-refractivity contribution >= 4 is 5.96 Å². The van der Waals surface area contributed by atoms with Crippen LogP contribution in [0.25, 0.3) is 0 Å². The molecule has 9 heteroatoms. The number of hydrogen-bond acceptors (Lipinski definition) is 5. The molecular formula is C19H28F2N4O3. The number of likely N-dealkylation sites (N-methyl/N-ethyl adjacent to an activating group) is 1. The highest BCUT2D eigenvalue weighted by atomic mass is 19.3. The largest absolute Gasteiger partial charge is 0.454 e. The first-order valence-electron chi connectivity index (χ1n) is 9.59. The summed E-state index contributed by atoms with van der Waals surface area (Å²) >= 11 is 0. The summed E-state index contributed by atoms with van der Waals surface area (Å²) in [4.78, 5) is 6.89. The number of ether oxygens (including phenoxy) is 3. The molecule has 1 aliphatic carbocycles. The lowest BCUT2D eigenvalue weighted by atomic mass is 10.1. The lowest BCUT2D eigenvalue weighted by Gasteiger charge is -2.25. The fraction of sp³-hybridized carbons (Fsp3) is 0.632. The second kappa shape index (κ2) is 9.27. The second-order valence-electron chi connectivity index (χ2n) is 7.01. The van der Waals surface area contributed by atoms with Crippen molar-refractivity contribution < 1.29 is 23.0 Å². The highest BCUT2D eigenvalue weighted by Crippen LogP contribution is 2.39. The summed E-state index contributed by atoms with van der Waals surface area (Å²) in [5.74, 6) is 1.56. The molecule has 28 heavy (non-hydrogen) atoms. The van der Waals surface area contributed by atoms with Gasteiger partial charge in [0.15, 0.2) is 17.5 Å². The second-order valence-corrected chi connectivity index (χ2v) is 7.01. The number of nitrogens with zero attached hydrogens (tertiary/aromatic N) is 2. The SMILES string of the molecule is CCNC(=NCc1cc2c(cc1OC(F)F)OCO2)NCC(C)N(C)C1CC1. The number of nitrogens with one attached hydrogen (secondary N) is 2. The third kappa shape index (κ3) is 5.37. The summed E-state index contributed by atoms with van der Waals surface area (Å²) in [6.45, 7) is 2.88. The number of aliphatic imine (C=N–C) groups is 1. The van der Waals surface area contributed by atoms with Crippen LogP contribution in [0, 0.1) is 0 Å². The smallest absolute Gasteiger partial charge is 0.387 e. The van der Waals surface area contributed by atoms with E-state index in [4.69, 9.17) is 9.47 Å². The summed E-state index contributed by atoms with van der Waals surface area (Å²) in [5, 5.41) is 6.50. The van der Waals surface area contributed by atoms with Gasteiger partial charge in [0.2, 0.25) is 6.79 Å². The lowest BCUT2D eigenvalue weighted by molar-refractivity contribution is -0.0505. The van der Waals surface area contributed by atoms with E-state index in [0.29, 0.717) is 41.7 Å². The van der Waals surface area contributed by atoms with E-state index < -0.39 is 6.61 Å². The molecule has 7 nitrogen and oxygen atoms in total. The van der Waals surface area contributed by atoms with E-state index in [1.165, 1.54) is 18.9 Å². The van der Waals surface area contributed by atoms with Gasteiger partial charge in [-0.2, -0.15) is 8.78 Å². The molecule has 2 aliphatic rings. The Morgan fingerprint density at radius 2 is 2.00 bits per heavy atom. The molecule has 1 saturated carbocycles. The number of fused-ring (bicyclic) bond motifs is 1. The van der Waals surface area contributed by atoms with E-state index in [1.807, 2.05) is 6.92 Å². The minimum Gasteiger partial charge on any atom is -0.454 e. The van der Waals surface area contributed by atoms with Gasteiger partial charge in [-0.3, -0.25) is 4.90 Å². The predicted octanol–water partition coefficient (Wildman–Crippen LogP) is 2.55. The molecule has 156 valence electrons. The van der Waals surface area contributed by atoms with Gasteiger partial charge in [-0.15, -0.1) is 0 Å². The molecule has 0 radical (unpaired) electrons. The molecule has 1 aliphatic heterocycles. The van der Waals surface area contributed by atoms with Gasteiger partial charge in [-0.25, -0.2) is 4.99 Å². The van der Waals surface area contributed by atoms with Crippen LogP contribution in [0.15, 0.2) is 17.1 Å². The Morgan fingerprint density at radius 1 is 1.29 bits per heavy atom. The molecule has 1 unspecified atom stereocenters. The van der Waals surface area contributed by atoms with Gasteiger partial charge in [-0.1, -0.05) is 0 Å². The molecular weight excluding hydrogens is 370 g/mol. The Bertz CT molecular complexity index is 698. The van der Waals surface area contributed by atoms with Crippen LogP contribution in [0.4, 0.5) is 8.78 Å². The van der Waals surface area contributed by atoms with Crippen molar-refractivity contribution in [3.63, 3.8) is 0 Å². The number of benzene rings is 1. The molecule has 1 aromatic rings. The monoisotopic (exact) mass is 398 g/mol. The third-order valence-electron chi connectivity index (χ3n) is 4.91. The number of rotatable bonds is 9. The quantitative estimate of drug-likeness (QED) is 0.492. The Kier molecular flexibility index (Phi) is 6.77. The van der Waals surface area contributed by atoms with E-state index >= 15 is 0 Å². The van der Waals surface area contributed by atoms with Crippen LogP contribution in [0.5, 0.6) is 17.2 Å². The molecule has 0 amide bonds. The molecule has 0 aromatic heterocycles. The molecule has 0 saturated heterocycles. The Balaban J connectivity index is 1.67. The fourth-order valence-corrected chi connectivity index (χ4v) is 3.03. The normalized spacial score (nSPS) is 17.2. The zero-order valence-electron chi connectivity index (χ0n) is 16.5. The summed E-state index contributed by atoms with van der Waals surface area (Å²) < 4.78 is 40.8. The standard InChI is InChI=1S/C19H28F2N4O3/c1-4-22-19(23-9-12(2)25(3)14-5-6-14)24-10-13-7-16-17(27-11-26-16)8-15(13)28-18(20)21/h7-8,12,14,18H,4-6,9-11H2,1-3H3,(H2,22,23,24). The van der Waals surface area contributed by atoms with Gasteiger partial charge in [0.05, 0.1) is 6.54 Å². The summed E-state index contributed by atoms with van der Waals surface area (Å²) in [6, 6.07) is 4.10. The van der Waals surface area contributed by atoms with Gasteiger partial charge in [0.1, 0.15) is 5.75 Å². The van der Waals surface area contributed by atoms with Crippen molar-refractivity contribution in [3.05, 3.63) is 17.7 Å². The molecule has 1 heterocycles. The first kappa shape index (κ1) is 20.4. The van der Waals surface area contributed by atoms with Crippen LogP contribution >= 0.6 is 0 Å². The average Bonchev–Trinajstić information content (AvgIpc) is 3.41. The minimum absolute atomic E-state index is 0.0423. The molecule has 1 fully saturated rings. The first-order chi connectivity index (χ1) is 13.5. The zero-order valence-corrected chi connectivity index (χ0v) is 16.5. The fourth-order valence-electron chi connectivity index (χ4n) is 3.03. The minimum atomic E-state index is -2.92. The maximum absolute atomic E-state index is 12.8. The highest BCUT2D eigenvalue weighted by molar-refractivity contribution is 5.79. The highest BCUT2D eigenvalue weighted by Gasteiger charge is 2.29. The number of alkyl halides is 2. The molecule has 2 N–H and O–H groups in total. The molecule has 1 atom stereocenters. The van der Waals surface area contributed by atoms with Gasteiger partial charge in [-0.05, 0) is 39.8 Å².